The summed E-state index contributed by atoms with van der Waals surface area (Å²) >= 11 is 6.12. The second-order valence-corrected chi connectivity index (χ2v) is 7.41. The second-order valence-electron chi connectivity index (χ2n) is 4.10. The van der Waals surface area contributed by atoms with Crippen LogP contribution in [0.25, 0.3) is 11.1 Å². The van der Waals surface area contributed by atoms with E-state index in [9.17, 15) is 8.42 Å². The lowest BCUT2D eigenvalue weighted by Crippen LogP contribution is -2.08. The molecule has 6 heteroatoms. The third kappa shape index (κ3) is 4.40. The summed E-state index contributed by atoms with van der Waals surface area (Å²) in [6.45, 7) is -0.0315. The molecule has 0 aliphatic rings. The molecule has 2 rings (SSSR count). The normalized spacial score (nSPS) is 11.3. The van der Waals surface area contributed by atoms with Crippen molar-refractivity contribution in [1.29, 1.82) is 0 Å². The maximum atomic E-state index is 10.8. The van der Waals surface area contributed by atoms with Gasteiger partial charge in [0.25, 0.3) is 0 Å². The van der Waals surface area contributed by atoms with Crippen LogP contribution in [0, 0.1) is 0 Å². The summed E-state index contributed by atoms with van der Waals surface area (Å²) in [5, 5.41) is 0.429. The summed E-state index contributed by atoms with van der Waals surface area (Å²) in [4.78, 5) is 0. The first-order chi connectivity index (χ1) is 9.46. The van der Waals surface area contributed by atoms with Crippen LogP contribution in [0.3, 0.4) is 0 Å². The van der Waals surface area contributed by atoms with Gasteiger partial charge in [0.15, 0.2) is 0 Å². The minimum atomic E-state index is -3.55. The van der Waals surface area contributed by atoms with Gasteiger partial charge in [0, 0.05) is 10.7 Å². The first kappa shape index (κ1) is 15.2. The summed E-state index contributed by atoms with van der Waals surface area (Å²) in [6, 6.07) is 15.1. The number of ether oxygens (including phenoxy) is 1. The minimum Gasteiger partial charge on any atom is -0.491 e. The fraction of sp³-hybridized carbons (Fsp3) is 0.143. The number of halogens is 2. The van der Waals surface area contributed by atoms with Crippen molar-refractivity contribution in [2.75, 3.05) is 12.4 Å². The Labute approximate surface area is 127 Å². The van der Waals surface area contributed by atoms with Gasteiger partial charge >= 0.3 is 0 Å². The van der Waals surface area contributed by atoms with Crippen molar-refractivity contribution in [2.45, 2.75) is 0 Å². The van der Waals surface area contributed by atoms with Crippen LogP contribution in [0.5, 0.6) is 5.75 Å². The molecule has 0 aliphatic heterocycles. The molecular formula is C14H12Cl2O3S. The number of rotatable bonds is 5. The van der Waals surface area contributed by atoms with Crippen LogP contribution in [-0.4, -0.2) is 20.8 Å². The molecule has 0 aliphatic carbocycles. The number of hydrogen-bond acceptors (Lipinski definition) is 3. The van der Waals surface area contributed by atoms with E-state index in [2.05, 4.69) is 0 Å². The highest BCUT2D eigenvalue weighted by Gasteiger charge is 2.08. The lowest BCUT2D eigenvalue weighted by molar-refractivity contribution is 0.342. The summed E-state index contributed by atoms with van der Waals surface area (Å²) in [5.74, 6) is 0.178. The third-order valence-electron chi connectivity index (χ3n) is 2.62. The van der Waals surface area contributed by atoms with Crippen LogP contribution < -0.4 is 4.74 Å². The van der Waals surface area contributed by atoms with Gasteiger partial charge in [-0.3, -0.25) is 0 Å². The molecule has 0 saturated carbocycles. The van der Waals surface area contributed by atoms with Crippen molar-refractivity contribution in [2.24, 2.45) is 0 Å². The standard InChI is InChI=1S/C14H12Cl2O3S/c15-13-10-12(11-4-2-1-3-5-11)6-7-14(13)19-8-9-20(16,17)18/h1-7,10H,8-9H2. The van der Waals surface area contributed by atoms with E-state index < -0.39 is 9.05 Å². The molecule has 106 valence electrons. The van der Waals surface area contributed by atoms with E-state index >= 15 is 0 Å². The molecule has 0 saturated heterocycles. The Kier molecular flexibility index (Phi) is 4.91. The zero-order chi connectivity index (χ0) is 14.6. The number of hydrogen-bond donors (Lipinski definition) is 0. The highest BCUT2D eigenvalue weighted by Crippen LogP contribution is 2.30. The fourth-order valence-electron chi connectivity index (χ4n) is 1.68. The van der Waals surface area contributed by atoms with Gasteiger partial charge in [0.1, 0.15) is 12.4 Å². The zero-order valence-corrected chi connectivity index (χ0v) is 12.8. The Morgan fingerprint density at radius 1 is 1.00 bits per heavy atom. The van der Waals surface area contributed by atoms with E-state index in [1.807, 2.05) is 36.4 Å². The molecule has 0 unspecified atom stereocenters. The fourth-order valence-corrected chi connectivity index (χ4v) is 2.39. The predicted molar refractivity (Wildman–Crippen MR) is 82.0 cm³/mol. The van der Waals surface area contributed by atoms with Crippen molar-refractivity contribution in [1.82, 2.24) is 0 Å². The van der Waals surface area contributed by atoms with Crippen LogP contribution in [0.1, 0.15) is 0 Å². The third-order valence-corrected chi connectivity index (χ3v) is 4.04. The lowest BCUT2D eigenvalue weighted by Gasteiger charge is -2.09. The van der Waals surface area contributed by atoms with Crippen molar-refractivity contribution >= 4 is 31.3 Å². The Hall–Kier alpha value is -1.23. The second kappa shape index (κ2) is 6.48. The molecule has 2 aromatic carbocycles. The van der Waals surface area contributed by atoms with Gasteiger partial charge in [-0.2, -0.15) is 0 Å². The topological polar surface area (TPSA) is 43.4 Å². The van der Waals surface area contributed by atoms with E-state index in [-0.39, 0.29) is 12.4 Å². The lowest BCUT2D eigenvalue weighted by atomic mass is 10.1. The van der Waals surface area contributed by atoms with E-state index in [4.69, 9.17) is 27.0 Å². The van der Waals surface area contributed by atoms with E-state index in [0.29, 0.717) is 10.8 Å². The molecule has 0 spiro atoms. The van der Waals surface area contributed by atoms with Crippen LogP contribution in [-0.2, 0) is 9.05 Å². The van der Waals surface area contributed by atoms with E-state index in [0.717, 1.165) is 11.1 Å². The Morgan fingerprint density at radius 3 is 2.30 bits per heavy atom. The van der Waals surface area contributed by atoms with Crippen LogP contribution in [0.15, 0.2) is 48.5 Å². The monoisotopic (exact) mass is 330 g/mol. The smallest absolute Gasteiger partial charge is 0.235 e. The van der Waals surface area contributed by atoms with E-state index in [1.165, 1.54) is 0 Å². The molecule has 0 atom stereocenters. The molecule has 2 aromatic rings. The maximum absolute atomic E-state index is 10.8. The van der Waals surface area contributed by atoms with Crippen molar-refractivity contribution in [3.63, 3.8) is 0 Å². The van der Waals surface area contributed by atoms with Crippen molar-refractivity contribution < 1.29 is 13.2 Å². The molecule has 0 radical (unpaired) electrons. The van der Waals surface area contributed by atoms with Gasteiger partial charge in [-0.05, 0) is 23.3 Å². The Balaban J connectivity index is 2.11. The van der Waals surface area contributed by atoms with Crippen molar-refractivity contribution in [3.05, 3.63) is 53.6 Å². The van der Waals surface area contributed by atoms with Crippen LogP contribution in [0.2, 0.25) is 5.02 Å². The largest absolute Gasteiger partial charge is 0.491 e. The molecule has 0 aromatic heterocycles. The first-order valence-corrected chi connectivity index (χ1v) is 8.71. The average molecular weight is 331 g/mol. The van der Waals surface area contributed by atoms with Crippen molar-refractivity contribution in [3.8, 4) is 16.9 Å². The average Bonchev–Trinajstić information content (AvgIpc) is 2.40. The van der Waals surface area contributed by atoms with E-state index in [1.54, 1.807) is 12.1 Å². The molecular weight excluding hydrogens is 319 g/mol. The summed E-state index contributed by atoms with van der Waals surface area (Å²) < 4.78 is 26.9. The molecule has 0 heterocycles. The molecule has 0 fully saturated rings. The van der Waals surface area contributed by atoms with Crippen LogP contribution >= 0.6 is 22.3 Å². The maximum Gasteiger partial charge on any atom is 0.235 e. The molecule has 0 N–H and O–H groups in total. The SMILES string of the molecule is O=S(=O)(Cl)CCOc1ccc(-c2ccccc2)cc1Cl. The molecule has 3 nitrogen and oxygen atoms in total. The summed E-state index contributed by atoms with van der Waals surface area (Å²) in [7, 11) is 1.55. The van der Waals surface area contributed by atoms with Gasteiger partial charge < -0.3 is 4.74 Å². The summed E-state index contributed by atoms with van der Waals surface area (Å²) in [5.41, 5.74) is 2.01. The van der Waals surface area contributed by atoms with Crippen LogP contribution in [0.4, 0.5) is 0 Å². The molecule has 20 heavy (non-hydrogen) atoms. The first-order valence-electron chi connectivity index (χ1n) is 5.86. The molecule has 0 bridgehead atoms. The highest BCUT2D eigenvalue weighted by atomic mass is 35.7. The number of benzene rings is 2. The van der Waals surface area contributed by atoms with Gasteiger partial charge in [0.2, 0.25) is 9.05 Å². The molecule has 0 amide bonds. The minimum absolute atomic E-state index is 0.0315. The highest BCUT2D eigenvalue weighted by molar-refractivity contribution is 8.13. The summed E-state index contributed by atoms with van der Waals surface area (Å²) in [6.07, 6.45) is 0. The Morgan fingerprint density at radius 2 is 1.70 bits per heavy atom. The van der Waals surface area contributed by atoms with Gasteiger partial charge in [-0.15, -0.1) is 0 Å². The Bertz CT molecular complexity index is 685. The predicted octanol–water partition coefficient (Wildman–Crippen LogP) is 3.95. The quantitative estimate of drug-likeness (QED) is 0.779. The van der Waals surface area contributed by atoms with Gasteiger partial charge in [0.05, 0.1) is 10.8 Å². The zero-order valence-electron chi connectivity index (χ0n) is 10.4. The van der Waals surface area contributed by atoms with Gasteiger partial charge in [-0.1, -0.05) is 48.0 Å². The van der Waals surface area contributed by atoms with Gasteiger partial charge in [-0.25, -0.2) is 8.42 Å².